The van der Waals surface area contributed by atoms with Crippen molar-refractivity contribution in [3.05, 3.63) is 34.2 Å². The summed E-state index contributed by atoms with van der Waals surface area (Å²) in [6, 6.07) is 4.66. The number of carbonyl (C=O) groups is 1. The van der Waals surface area contributed by atoms with Crippen LogP contribution in [0.4, 0.5) is 0 Å². The molecule has 0 radical (unpaired) electrons. The van der Waals surface area contributed by atoms with Crippen molar-refractivity contribution in [2.45, 2.75) is 25.7 Å². The van der Waals surface area contributed by atoms with Crippen molar-refractivity contribution in [2.24, 2.45) is 5.92 Å². The summed E-state index contributed by atoms with van der Waals surface area (Å²) in [7, 11) is 1.80. The summed E-state index contributed by atoms with van der Waals surface area (Å²) < 4.78 is 0. The van der Waals surface area contributed by atoms with E-state index in [2.05, 4.69) is 4.98 Å². The zero-order valence-corrected chi connectivity index (χ0v) is 10.1. The Morgan fingerprint density at radius 3 is 2.76 bits per heavy atom. The summed E-state index contributed by atoms with van der Waals surface area (Å²) in [6.07, 6.45) is 4.97. The summed E-state index contributed by atoms with van der Waals surface area (Å²) in [5.74, 6) is 0.522. The van der Waals surface area contributed by atoms with Crippen molar-refractivity contribution in [1.29, 1.82) is 0 Å². The molecule has 4 nitrogen and oxygen atoms in total. The number of hydrogen-bond acceptors (Lipinski definition) is 2. The Kier molecular flexibility index (Phi) is 3.61. The smallest absolute Gasteiger partial charge is 0.270 e. The second-order valence-electron chi connectivity index (χ2n) is 4.76. The normalized spacial score (nSPS) is 16.1. The summed E-state index contributed by atoms with van der Waals surface area (Å²) in [6.45, 7) is 0.787. The van der Waals surface area contributed by atoms with Crippen LogP contribution in [0.5, 0.6) is 0 Å². The van der Waals surface area contributed by atoms with Crippen LogP contribution < -0.4 is 5.56 Å². The highest BCUT2D eigenvalue weighted by atomic mass is 16.2. The molecule has 0 spiro atoms. The molecule has 1 saturated carbocycles. The van der Waals surface area contributed by atoms with E-state index in [4.69, 9.17) is 0 Å². The molecule has 0 unspecified atom stereocenters. The van der Waals surface area contributed by atoms with Gasteiger partial charge in [0.25, 0.3) is 5.91 Å². The molecule has 1 aromatic heterocycles. The molecule has 1 aliphatic rings. The lowest BCUT2D eigenvalue weighted by Gasteiger charge is -2.20. The maximum atomic E-state index is 12.0. The molecule has 0 aliphatic heterocycles. The molecule has 0 atom stereocenters. The Morgan fingerprint density at radius 1 is 1.41 bits per heavy atom. The van der Waals surface area contributed by atoms with Crippen LogP contribution in [0.1, 0.15) is 36.2 Å². The Labute approximate surface area is 101 Å². The molecule has 1 aromatic rings. The van der Waals surface area contributed by atoms with E-state index < -0.39 is 0 Å². The monoisotopic (exact) mass is 234 g/mol. The molecular formula is C13H18N2O2. The average Bonchev–Trinajstić information content (AvgIpc) is 2.80. The zero-order chi connectivity index (χ0) is 12.3. The van der Waals surface area contributed by atoms with Gasteiger partial charge in [0.2, 0.25) is 5.56 Å². The van der Waals surface area contributed by atoms with Gasteiger partial charge in [-0.25, -0.2) is 0 Å². The lowest BCUT2D eigenvalue weighted by atomic mass is 10.1. The maximum absolute atomic E-state index is 12.0. The van der Waals surface area contributed by atoms with Crippen LogP contribution in [-0.4, -0.2) is 29.4 Å². The number of aromatic nitrogens is 1. The standard InChI is InChI=1S/C13H18N2O2/c1-15(9-10-5-2-3-6-10)13(17)11-7-4-8-12(16)14-11/h4,7-8,10H,2-3,5-6,9H2,1H3,(H,14,16). The first-order valence-electron chi connectivity index (χ1n) is 6.11. The van der Waals surface area contributed by atoms with Gasteiger partial charge in [0, 0.05) is 19.7 Å². The van der Waals surface area contributed by atoms with Crippen molar-refractivity contribution >= 4 is 5.91 Å². The van der Waals surface area contributed by atoms with Gasteiger partial charge in [0.15, 0.2) is 0 Å². The van der Waals surface area contributed by atoms with Crippen LogP contribution >= 0.6 is 0 Å². The quantitative estimate of drug-likeness (QED) is 0.864. The average molecular weight is 234 g/mol. The van der Waals surface area contributed by atoms with Gasteiger partial charge in [-0.15, -0.1) is 0 Å². The van der Waals surface area contributed by atoms with E-state index in [0.717, 1.165) is 6.54 Å². The summed E-state index contributed by atoms with van der Waals surface area (Å²) in [5.41, 5.74) is 0.142. The summed E-state index contributed by atoms with van der Waals surface area (Å²) in [5, 5.41) is 0. The molecule has 0 bridgehead atoms. The first-order valence-corrected chi connectivity index (χ1v) is 6.11. The van der Waals surface area contributed by atoms with E-state index in [1.165, 1.54) is 31.7 Å². The highest BCUT2D eigenvalue weighted by Crippen LogP contribution is 2.25. The van der Waals surface area contributed by atoms with Gasteiger partial charge in [0.05, 0.1) is 0 Å². The Bertz CT molecular complexity index is 447. The van der Waals surface area contributed by atoms with Gasteiger partial charge in [-0.05, 0) is 24.8 Å². The Balaban J connectivity index is 2.01. The summed E-state index contributed by atoms with van der Waals surface area (Å²) in [4.78, 5) is 27.5. The maximum Gasteiger partial charge on any atom is 0.270 e. The molecule has 1 amide bonds. The van der Waals surface area contributed by atoms with Crippen molar-refractivity contribution < 1.29 is 4.79 Å². The number of nitrogens with one attached hydrogen (secondary N) is 1. The lowest BCUT2D eigenvalue weighted by Crippen LogP contribution is -2.32. The van der Waals surface area contributed by atoms with Crippen LogP contribution in [-0.2, 0) is 0 Å². The minimum absolute atomic E-state index is 0.102. The van der Waals surface area contributed by atoms with Gasteiger partial charge in [-0.2, -0.15) is 0 Å². The molecule has 1 fully saturated rings. The number of carbonyl (C=O) groups excluding carboxylic acids is 1. The van der Waals surface area contributed by atoms with Gasteiger partial charge in [0.1, 0.15) is 5.69 Å². The molecule has 0 saturated heterocycles. The number of hydrogen-bond donors (Lipinski definition) is 1. The molecule has 17 heavy (non-hydrogen) atoms. The van der Waals surface area contributed by atoms with Crippen LogP contribution in [0.15, 0.2) is 23.0 Å². The van der Waals surface area contributed by atoms with Crippen molar-refractivity contribution in [1.82, 2.24) is 9.88 Å². The molecular weight excluding hydrogens is 216 g/mol. The third-order valence-electron chi connectivity index (χ3n) is 3.35. The zero-order valence-electron chi connectivity index (χ0n) is 10.1. The topological polar surface area (TPSA) is 53.2 Å². The van der Waals surface area contributed by atoms with E-state index >= 15 is 0 Å². The molecule has 92 valence electrons. The first kappa shape index (κ1) is 11.9. The van der Waals surface area contributed by atoms with E-state index in [1.54, 1.807) is 24.1 Å². The van der Waals surface area contributed by atoms with Gasteiger partial charge in [-0.3, -0.25) is 9.59 Å². The fraction of sp³-hybridized carbons (Fsp3) is 0.538. The second-order valence-corrected chi connectivity index (χ2v) is 4.76. The molecule has 1 aliphatic carbocycles. The SMILES string of the molecule is CN(CC1CCCC1)C(=O)c1cccc(=O)[nH]1. The van der Waals surface area contributed by atoms with Crippen LogP contribution in [0.3, 0.4) is 0 Å². The third-order valence-corrected chi connectivity index (χ3v) is 3.35. The number of nitrogens with zero attached hydrogens (tertiary/aromatic N) is 1. The molecule has 4 heteroatoms. The highest BCUT2D eigenvalue weighted by molar-refractivity contribution is 5.92. The predicted octanol–water partition coefficient (Wildman–Crippen LogP) is 1.64. The number of pyridine rings is 1. The largest absolute Gasteiger partial charge is 0.340 e. The predicted molar refractivity (Wildman–Crippen MR) is 66.0 cm³/mol. The molecule has 0 aromatic carbocycles. The fourth-order valence-electron chi connectivity index (χ4n) is 2.44. The third kappa shape index (κ3) is 2.96. The Morgan fingerprint density at radius 2 is 2.12 bits per heavy atom. The van der Waals surface area contributed by atoms with E-state index in [9.17, 15) is 9.59 Å². The van der Waals surface area contributed by atoms with Crippen LogP contribution in [0.25, 0.3) is 0 Å². The van der Waals surface area contributed by atoms with Crippen molar-refractivity contribution in [3.8, 4) is 0 Å². The minimum atomic E-state index is -0.231. The number of H-pyrrole nitrogens is 1. The molecule has 1 heterocycles. The van der Waals surface area contributed by atoms with Crippen LogP contribution in [0.2, 0.25) is 0 Å². The minimum Gasteiger partial charge on any atom is -0.340 e. The van der Waals surface area contributed by atoms with Gasteiger partial charge < -0.3 is 9.88 Å². The van der Waals surface area contributed by atoms with E-state index in [0.29, 0.717) is 11.6 Å². The van der Waals surface area contributed by atoms with E-state index in [-0.39, 0.29) is 11.5 Å². The summed E-state index contributed by atoms with van der Waals surface area (Å²) >= 11 is 0. The van der Waals surface area contributed by atoms with Gasteiger partial charge in [-0.1, -0.05) is 18.9 Å². The van der Waals surface area contributed by atoms with Crippen molar-refractivity contribution in [2.75, 3.05) is 13.6 Å². The van der Waals surface area contributed by atoms with Crippen LogP contribution in [0, 0.1) is 5.92 Å². The second kappa shape index (κ2) is 5.17. The number of aromatic amines is 1. The fourth-order valence-corrected chi connectivity index (χ4v) is 2.44. The number of amides is 1. The molecule has 2 rings (SSSR count). The number of rotatable bonds is 3. The first-order chi connectivity index (χ1) is 8.16. The molecule has 1 N–H and O–H groups in total. The highest BCUT2D eigenvalue weighted by Gasteiger charge is 2.20. The lowest BCUT2D eigenvalue weighted by molar-refractivity contribution is 0.0767. The van der Waals surface area contributed by atoms with Gasteiger partial charge >= 0.3 is 0 Å². The van der Waals surface area contributed by atoms with Crippen molar-refractivity contribution in [3.63, 3.8) is 0 Å². The van der Waals surface area contributed by atoms with E-state index in [1.807, 2.05) is 0 Å². The Hall–Kier alpha value is -1.58.